The van der Waals surface area contributed by atoms with Gasteiger partial charge in [0.1, 0.15) is 18.2 Å². The molecule has 2 aliphatic rings. The molecule has 4 unspecified atom stereocenters. The van der Waals surface area contributed by atoms with Crippen molar-refractivity contribution in [1.82, 2.24) is 15.5 Å². The maximum Gasteiger partial charge on any atom is 0.417 e. The van der Waals surface area contributed by atoms with E-state index in [9.17, 15) is 19.2 Å². The van der Waals surface area contributed by atoms with Gasteiger partial charge in [0, 0.05) is 12.1 Å². The molecule has 1 aliphatic heterocycles. The Labute approximate surface area is 210 Å². The van der Waals surface area contributed by atoms with E-state index in [-0.39, 0.29) is 24.5 Å². The van der Waals surface area contributed by atoms with Crippen molar-refractivity contribution < 1.29 is 28.7 Å². The Bertz CT molecular complexity index is 920. The summed E-state index contributed by atoms with van der Waals surface area (Å²) < 4.78 is 10.7. The first-order chi connectivity index (χ1) is 16.6. The number of imide groups is 1. The van der Waals surface area contributed by atoms with Gasteiger partial charge < -0.3 is 20.1 Å². The predicted molar refractivity (Wildman–Crippen MR) is 133 cm³/mol. The number of nitrogens with zero attached hydrogens (tertiary/aromatic N) is 1. The molecule has 0 radical (unpaired) electrons. The largest absolute Gasteiger partial charge is 0.445 e. The van der Waals surface area contributed by atoms with Crippen molar-refractivity contribution in [2.75, 3.05) is 12.0 Å². The number of nitrogens with one attached hydrogen (secondary N) is 2. The molecule has 1 aliphatic carbocycles. The zero-order valence-corrected chi connectivity index (χ0v) is 21.6. The maximum absolute atomic E-state index is 13.1. The number of thioether (sulfide) groups is 1. The van der Waals surface area contributed by atoms with Crippen LogP contribution < -0.4 is 10.6 Å². The molecule has 1 aromatic rings. The molecule has 1 saturated heterocycles. The number of benzene rings is 1. The lowest BCUT2D eigenvalue weighted by molar-refractivity contribution is -0.131. The molecule has 2 N–H and O–H groups in total. The molecule has 2 fully saturated rings. The minimum atomic E-state index is -0.790. The van der Waals surface area contributed by atoms with Crippen LogP contribution in [0, 0.1) is 5.92 Å². The molecule has 1 heterocycles. The third-order valence-corrected chi connectivity index (χ3v) is 6.74. The van der Waals surface area contributed by atoms with Gasteiger partial charge in [-0.1, -0.05) is 30.3 Å². The van der Waals surface area contributed by atoms with E-state index in [1.807, 2.05) is 36.6 Å². The molecule has 0 spiro atoms. The van der Waals surface area contributed by atoms with Gasteiger partial charge in [0.15, 0.2) is 0 Å². The van der Waals surface area contributed by atoms with Crippen molar-refractivity contribution in [2.45, 2.75) is 76.8 Å². The second-order valence-electron chi connectivity index (χ2n) is 9.92. The molecule has 1 aromatic carbocycles. The van der Waals surface area contributed by atoms with Crippen LogP contribution in [0.2, 0.25) is 0 Å². The predicted octanol–water partition coefficient (Wildman–Crippen LogP) is 3.47. The molecule has 4 atom stereocenters. The number of hydrogen-bond acceptors (Lipinski definition) is 7. The highest BCUT2D eigenvalue weighted by atomic mass is 32.2. The van der Waals surface area contributed by atoms with Crippen LogP contribution in [-0.2, 0) is 25.7 Å². The zero-order valence-electron chi connectivity index (χ0n) is 20.7. The summed E-state index contributed by atoms with van der Waals surface area (Å²) in [6.07, 6.45) is 2.69. The molecule has 3 rings (SSSR count). The molecule has 1 saturated carbocycles. The highest BCUT2D eigenvalue weighted by molar-refractivity contribution is 7.98. The molecular formula is C25H35N3O6S. The van der Waals surface area contributed by atoms with E-state index in [2.05, 4.69) is 10.6 Å². The Balaban J connectivity index is 1.58. The summed E-state index contributed by atoms with van der Waals surface area (Å²) in [6.45, 7) is 5.37. The van der Waals surface area contributed by atoms with Crippen molar-refractivity contribution in [2.24, 2.45) is 5.92 Å². The van der Waals surface area contributed by atoms with E-state index in [1.165, 1.54) is 4.90 Å². The van der Waals surface area contributed by atoms with Crippen LogP contribution in [0.25, 0.3) is 0 Å². The Morgan fingerprint density at radius 3 is 2.54 bits per heavy atom. The first-order valence-corrected chi connectivity index (χ1v) is 13.3. The minimum absolute atomic E-state index is 0.102. The van der Waals surface area contributed by atoms with E-state index in [1.54, 1.807) is 32.5 Å². The number of ether oxygens (including phenoxy) is 2. The average molecular weight is 506 g/mol. The average Bonchev–Trinajstić information content (AvgIpc) is 3.07. The highest BCUT2D eigenvalue weighted by Crippen LogP contribution is 2.37. The second kappa shape index (κ2) is 11.8. The number of alkyl carbamates (subject to hydrolysis) is 1. The van der Waals surface area contributed by atoms with E-state index in [0.29, 0.717) is 31.4 Å². The van der Waals surface area contributed by atoms with E-state index >= 15 is 0 Å². The van der Waals surface area contributed by atoms with Gasteiger partial charge in [0.2, 0.25) is 11.8 Å². The van der Waals surface area contributed by atoms with Crippen LogP contribution in [0.1, 0.15) is 52.0 Å². The number of amides is 4. The summed E-state index contributed by atoms with van der Waals surface area (Å²) >= 11 is 1.57. The van der Waals surface area contributed by atoms with Crippen LogP contribution in [0.3, 0.4) is 0 Å². The summed E-state index contributed by atoms with van der Waals surface area (Å²) in [5, 5.41) is 5.62. The molecule has 0 aromatic heterocycles. The van der Waals surface area contributed by atoms with Gasteiger partial charge in [0.25, 0.3) is 0 Å². The number of carbonyl (C=O) groups is 4. The highest BCUT2D eigenvalue weighted by Gasteiger charge is 2.51. The van der Waals surface area contributed by atoms with E-state index in [4.69, 9.17) is 9.47 Å². The van der Waals surface area contributed by atoms with Crippen molar-refractivity contribution in [3.05, 3.63) is 35.9 Å². The van der Waals surface area contributed by atoms with Crippen LogP contribution in [0.4, 0.5) is 9.59 Å². The third kappa shape index (κ3) is 7.37. The van der Waals surface area contributed by atoms with Crippen molar-refractivity contribution >= 4 is 35.8 Å². The van der Waals surface area contributed by atoms with Crippen LogP contribution >= 0.6 is 11.8 Å². The van der Waals surface area contributed by atoms with E-state index in [0.717, 1.165) is 5.56 Å². The lowest BCUT2D eigenvalue weighted by Crippen LogP contribution is -2.52. The first kappa shape index (κ1) is 26.8. The topological polar surface area (TPSA) is 114 Å². The van der Waals surface area contributed by atoms with Gasteiger partial charge in [-0.05, 0) is 64.0 Å². The fourth-order valence-electron chi connectivity index (χ4n) is 4.43. The van der Waals surface area contributed by atoms with Gasteiger partial charge in [-0.15, -0.1) is 0 Å². The van der Waals surface area contributed by atoms with Gasteiger partial charge in [-0.3, -0.25) is 9.59 Å². The van der Waals surface area contributed by atoms with Gasteiger partial charge in [0.05, 0.1) is 5.92 Å². The Morgan fingerprint density at radius 2 is 1.89 bits per heavy atom. The zero-order chi connectivity index (χ0) is 25.6. The fourth-order valence-corrected chi connectivity index (χ4v) is 4.90. The molecule has 4 amide bonds. The SMILES string of the molecule is CSCCC(NC(=O)OCc1ccccc1)C(=O)NC1CCC2CC1C(=O)N2C(=O)OC(C)(C)C. The molecular weight excluding hydrogens is 470 g/mol. The number of carbonyl (C=O) groups excluding carboxylic acids is 4. The van der Waals surface area contributed by atoms with Crippen molar-refractivity contribution in [1.29, 1.82) is 0 Å². The quantitative estimate of drug-likeness (QED) is 0.556. The normalized spacial score (nSPS) is 22.3. The number of hydrogen-bond donors (Lipinski definition) is 2. The number of fused-ring (bicyclic) bond motifs is 2. The standard InChI is InChI=1S/C25H35N3O6S/c1-25(2,3)34-24(32)28-17-10-11-19(18(14-17)22(28)30)26-21(29)20(12-13-35-4)27-23(31)33-15-16-8-6-5-7-9-16/h5-9,17-20H,10-15H2,1-4H3,(H,26,29)(H,27,31). The monoisotopic (exact) mass is 505 g/mol. The van der Waals surface area contributed by atoms with Crippen LogP contribution in [-0.4, -0.2) is 64.6 Å². The summed E-state index contributed by atoms with van der Waals surface area (Å²) in [4.78, 5) is 52.3. The van der Waals surface area contributed by atoms with Gasteiger partial charge >= 0.3 is 12.2 Å². The van der Waals surface area contributed by atoms with Crippen molar-refractivity contribution in [3.8, 4) is 0 Å². The minimum Gasteiger partial charge on any atom is -0.445 e. The number of likely N-dealkylation sites (tertiary alicyclic amines) is 1. The Hall–Kier alpha value is -2.75. The molecule has 35 heavy (non-hydrogen) atoms. The lowest BCUT2D eigenvalue weighted by atomic mass is 9.85. The third-order valence-electron chi connectivity index (χ3n) is 6.09. The van der Waals surface area contributed by atoms with E-state index < -0.39 is 35.8 Å². The summed E-state index contributed by atoms with van der Waals surface area (Å²) in [6, 6.07) is 7.87. The molecule has 9 nitrogen and oxygen atoms in total. The van der Waals surface area contributed by atoms with Crippen LogP contribution in [0.5, 0.6) is 0 Å². The fraction of sp³-hybridized carbons (Fsp3) is 0.600. The Kier molecular flexibility index (Phi) is 9.04. The maximum atomic E-state index is 13.1. The Morgan fingerprint density at radius 1 is 1.17 bits per heavy atom. The summed E-state index contributed by atoms with van der Waals surface area (Å²) in [5.41, 5.74) is 0.145. The van der Waals surface area contributed by atoms with Crippen LogP contribution in [0.15, 0.2) is 30.3 Å². The lowest BCUT2D eigenvalue weighted by Gasteiger charge is -2.29. The molecule has 2 bridgehead atoms. The first-order valence-electron chi connectivity index (χ1n) is 11.9. The molecule has 10 heteroatoms. The summed E-state index contributed by atoms with van der Waals surface area (Å²) in [5.74, 6) is -0.499. The smallest absolute Gasteiger partial charge is 0.417 e. The van der Waals surface area contributed by atoms with Crippen molar-refractivity contribution in [3.63, 3.8) is 0 Å². The number of rotatable bonds is 8. The molecule has 192 valence electrons. The van der Waals surface area contributed by atoms with Gasteiger partial charge in [-0.2, -0.15) is 11.8 Å². The summed E-state index contributed by atoms with van der Waals surface area (Å²) in [7, 11) is 0. The second-order valence-corrected chi connectivity index (χ2v) is 10.9. The van der Waals surface area contributed by atoms with Gasteiger partial charge in [-0.25, -0.2) is 14.5 Å².